The molecule has 2 N–H and O–H groups in total. The molecule has 0 aliphatic heterocycles. The largest absolute Gasteiger partial charge is 0.322 e. The molecule has 19 heavy (non-hydrogen) atoms. The van der Waals surface area contributed by atoms with Gasteiger partial charge >= 0.3 is 0 Å². The van der Waals surface area contributed by atoms with Gasteiger partial charge in [0.25, 0.3) is 0 Å². The van der Waals surface area contributed by atoms with Gasteiger partial charge in [0, 0.05) is 25.1 Å². The highest BCUT2D eigenvalue weighted by atomic mass is 15.3. The van der Waals surface area contributed by atoms with Gasteiger partial charge in [-0.3, -0.25) is 0 Å². The number of aryl methyl sites for hydroxylation is 1. The molecule has 1 heterocycles. The predicted molar refractivity (Wildman–Crippen MR) is 80.3 cm³/mol. The molecular weight excluding hydrogens is 238 g/mol. The average Bonchev–Trinajstić information content (AvgIpc) is 2.36. The standard InChI is InChI=1S/C14H23N5/c1-6-7-11(3)18-13(12(4)15)19(5)14-16-8-10(2)9-17-14/h7-9,12H,6,15H2,1-5H3/b11-7+,18-13?. The number of rotatable bonds is 4. The summed E-state index contributed by atoms with van der Waals surface area (Å²) < 4.78 is 0. The number of aliphatic imine (C=N–C) groups is 1. The third kappa shape index (κ3) is 4.44. The van der Waals surface area contributed by atoms with Crippen molar-refractivity contribution in [3.05, 3.63) is 29.7 Å². The number of hydrogen-bond acceptors (Lipinski definition) is 4. The van der Waals surface area contributed by atoms with E-state index in [1.54, 1.807) is 12.4 Å². The molecule has 0 aliphatic rings. The Labute approximate surface area is 115 Å². The van der Waals surface area contributed by atoms with E-state index in [4.69, 9.17) is 5.73 Å². The quantitative estimate of drug-likeness (QED) is 0.667. The number of nitrogens with zero attached hydrogens (tertiary/aromatic N) is 4. The normalized spacial score (nSPS) is 14.4. The molecule has 1 aromatic heterocycles. The number of nitrogens with two attached hydrogens (primary N) is 1. The van der Waals surface area contributed by atoms with Gasteiger partial charge in [-0.15, -0.1) is 0 Å². The molecule has 0 fully saturated rings. The fraction of sp³-hybridized carbons (Fsp3) is 0.500. The fourth-order valence-corrected chi connectivity index (χ4v) is 1.67. The Balaban J connectivity index is 3.06. The molecule has 0 aromatic carbocycles. The molecule has 0 bridgehead atoms. The van der Waals surface area contributed by atoms with E-state index in [2.05, 4.69) is 28.0 Å². The molecular formula is C14H23N5. The summed E-state index contributed by atoms with van der Waals surface area (Å²) in [5.74, 6) is 1.36. The van der Waals surface area contributed by atoms with Crippen LogP contribution in [0.4, 0.5) is 5.95 Å². The van der Waals surface area contributed by atoms with Crippen LogP contribution in [-0.2, 0) is 0 Å². The number of aromatic nitrogens is 2. The van der Waals surface area contributed by atoms with Gasteiger partial charge in [-0.25, -0.2) is 15.0 Å². The minimum atomic E-state index is -0.185. The minimum Gasteiger partial charge on any atom is -0.322 e. The molecule has 1 rings (SSSR count). The van der Waals surface area contributed by atoms with E-state index in [1.165, 1.54) is 0 Å². The Morgan fingerprint density at radius 1 is 1.47 bits per heavy atom. The molecule has 5 nitrogen and oxygen atoms in total. The van der Waals surface area contributed by atoms with Crippen LogP contribution < -0.4 is 10.6 Å². The first-order chi connectivity index (χ1) is 8.95. The summed E-state index contributed by atoms with van der Waals surface area (Å²) in [5, 5.41) is 0. The van der Waals surface area contributed by atoms with E-state index in [0.717, 1.165) is 23.5 Å². The van der Waals surface area contributed by atoms with Crippen molar-refractivity contribution < 1.29 is 0 Å². The number of anilines is 1. The second kappa shape index (κ2) is 6.99. The molecule has 5 heteroatoms. The molecule has 0 amide bonds. The van der Waals surface area contributed by atoms with Crippen LogP contribution in [0.25, 0.3) is 0 Å². The zero-order valence-electron chi connectivity index (χ0n) is 12.4. The van der Waals surface area contributed by atoms with Gasteiger partial charge in [0.2, 0.25) is 5.95 Å². The molecule has 1 unspecified atom stereocenters. The molecule has 1 atom stereocenters. The monoisotopic (exact) mass is 261 g/mol. The molecule has 0 saturated heterocycles. The number of amidine groups is 1. The van der Waals surface area contributed by atoms with Gasteiger partial charge in [0.1, 0.15) is 5.84 Å². The highest BCUT2D eigenvalue weighted by molar-refractivity contribution is 6.00. The minimum absolute atomic E-state index is 0.185. The lowest BCUT2D eigenvalue weighted by Gasteiger charge is -2.22. The average molecular weight is 261 g/mol. The van der Waals surface area contributed by atoms with Gasteiger partial charge < -0.3 is 10.6 Å². The second-order valence-electron chi connectivity index (χ2n) is 4.63. The summed E-state index contributed by atoms with van der Waals surface area (Å²) in [4.78, 5) is 15.0. The van der Waals surface area contributed by atoms with E-state index in [-0.39, 0.29) is 6.04 Å². The topological polar surface area (TPSA) is 67.4 Å². The third-order valence-corrected chi connectivity index (χ3v) is 2.61. The molecule has 1 aromatic rings. The Hall–Kier alpha value is -1.75. The van der Waals surface area contributed by atoms with Crippen molar-refractivity contribution in [1.82, 2.24) is 9.97 Å². The molecule has 0 spiro atoms. The molecule has 0 aliphatic carbocycles. The SMILES string of the molecule is CC/C=C(\C)N=C(C(C)N)N(C)c1ncc(C)cn1. The molecule has 0 radical (unpaired) electrons. The van der Waals surface area contributed by atoms with E-state index in [0.29, 0.717) is 5.95 Å². The van der Waals surface area contributed by atoms with Crippen molar-refractivity contribution in [1.29, 1.82) is 0 Å². The maximum atomic E-state index is 5.99. The lowest BCUT2D eigenvalue weighted by Crippen LogP contribution is -2.41. The van der Waals surface area contributed by atoms with Crippen LogP contribution in [0.2, 0.25) is 0 Å². The molecule has 0 saturated carbocycles. The van der Waals surface area contributed by atoms with E-state index in [9.17, 15) is 0 Å². The van der Waals surface area contributed by atoms with Gasteiger partial charge in [-0.05, 0) is 32.8 Å². The predicted octanol–water partition coefficient (Wildman–Crippen LogP) is 2.28. The lowest BCUT2D eigenvalue weighted by atomic mass is 10.3. The summed E-state index contributed by atoms with van der Waals surface area (Å²) in [6, 6.07) is -0.185. The van der Waals surface area contributed by atoms with E-state index in [1.807, 2.05) is 32.7 Å². The summed E-state index contributed by atoms with van der Waals surface area (Å²) in [7, 11) is 1.88. The van der Waals surface area contributed by atoms with Crippen LogP contribution in [0.15, 0.2) is 29.2 Å². The van der Waals surface area contributed by atoms with Gasteiger partial charge in [0.15, 0.2) is 0 Å². The Morgan fingerprint density at radius 3 is 2.53 bits per heavy atom. The lowest BCUT2D eigenvalue weighted by molar-refractivity contribution is 0.915. The number of likely N-dealkylation sites (N-methyl/N-ethyl adjacent to an activating group) is 1. The highest BCUT2D eigenvalue weighted by Crippen LogP contribution is 2.09. The second-order valence-corrected chi connectivity index (χ2v) is 4.63. The number of hydrogen-bond donors (Lipinski definition) is 1. The van der Waals surface area contributed by atoms with E-state index < -0.39 is 0 Å². The first-order valence-electron chi connectivity index (χ1n) is 6.49. The zero-order valence-corrected chi connectivity index (χ0v) is 12.4. The summed E-state index contributed by atoms with van der Waals surface area (Å²) in [6.07, 6.45) is 6.58. The first kappa shape index (κ1) is 15.3. The molecule has 104 valence electrons. The van der Waals surface area contributed by atoms with Crippen LogP contribution in [0.1, 0.15) is 32.8 Å². The third-order valence-electron chi connectivity index (χ3n) is 2.61. The highest BCUT2D eigenvalue weighted by Gasteiger charge is 2.15. The van der Waals surface area contributed by atoms with Crippen molar-refractivity contribution in [2.75, 3.05) is 11.9 Å². The maximum absolute atomic E-state index is 5.99. The van der Waals surface area contributed by atoms with Gasteiger partial charge in [-0.2, -0.15) is 0 Å². The smallest absolute Gasteiger partial charge is 0.230 e. The van der Waals surface area contributed by atoms with Crippen molar-refractivity contribution in [2.24, 2.45) is 10.7 Å². The summed E-state index contributed by atoms with van der Waals surface area (Å²) in [5.41, 5.74) is 7.97. The van der Waals surface area contributed by atoms with Crippen molar-refractivity contribution >= 4 is 11.8 Å². The Morgan fingerprint density at radius 2 is 2.05 bits per heavy atom. The van der Waals surface area contributed by atoms with Crippen molar-refractivity contribution in [2.45, 2.75) is 40.2 Å². The zero-order chi connectivity index (χ0) is 14.4. The van der Waals surface area contributed by atoms with E-state index >= 15 is 0 Å². The van der Waals surface area contributed by atoms with Crippen LogP contribution in [0.5, 0.6) is 0 Å². The maximum Gasteiger partial charge on any atom is 0.230 e. The fourth-order valence-electron chi connectivity index (χ4n) is 1.67. The Kier molecular flexibility index (Phi) is 5.63. The summed E-state index contributed by atoms with van der Waals surface area (Å²) in [6.45, 7) is 7.91. The van der Waals surface area contributed by atoms with Crippen LogP contribution in [0, 0.1) is 6.92 Å². The van der Waals surface area contributed by atoms with Crippen LogP contribution in [0.3, 0.4) is 0 Å². The first-order valence-corrected chi connectivity index (χ1v) is 6.49. The van der Waals surface area contributed by atoms with Crippen molar-refractivity contribution in [3.8, 4) is 0 Å². The number of allylic oxidation sites excluding steroid dienone is 2. The van der Waals surface area contributed by atoms with Gasteiger partial charge in [-0.1, -0.05) is 13.0 Å². The van der Waals surface area contributed by atoms with Gasteiger partial charge in [0.05, 0.1) is 6.04 Å². The Bertz CT molecular complexity index is 459. The van der Waals surface area contributed by atoms with Crippen LogP contribution in [-0.4, -0.2) is 28.9 Å². The van der Waals surface area contributed by atoms with Crippen LogP contribution >= 0.6 is 0 Å². The van der Waals surface area contributed by atoms with Crippen molar-refractivity contribution in [3.63, 3.8) is 0 Å². The summed E-state index contributed by atoms with van der Waals surface area (Å²) >= 11 is 0.